The molecule has 0 amide bonds. The summed E-state index contributed by atoms with van der Waals surface area (Å²) in [5.41, 5.74) is 18.9. The third-order valence-corrected chi connectivity index (χ3v) is 13.9. The summed E-state index contributed by atoms with van der Waals surface area (Å²) < 4.78 is 2.59. The number of rotatable bonds is 7. The van der Waals surface area contributed by atoms with Gasteiger partial charge in [0.2, 0.25) is 0 Å². The first-order valence-electron chi connectivity index (χ1n) is 21.8. The van der Waals surface area contributed by atoms with Crippen LogP contribution in [0.4, 0.5) is 0 Å². The van der Waals surface area contributed by atoms with Crippen molar-refractivity contribution in [3.8, 4) is 44.5 Å². The highest BCUT2D eigenvalue weighted by Gasteiger charge is 2.22. The molecule has 2 heterocycles. The van der Waals surface area contributed by atoms with Crippen LogP contribution < -0.4 is 0 Å². The van der Waals surface area contributed by atoms with Crippen molar-refractivity contribution in [2.24, 2.45) is 9.98 Å². The second-order valence-electron chi connectivity index (χ2n) is 16.7. The molecule has 0 saturated heterocycles. The van der Waals surface area contributed by atoms with E-state index >= 15 is 0 Å². The molecule has 12 rings (SSSR count). The Bertz CT molecular complexity index is 3720. The van der Waals surface area contributed by atoms with Crippen LogP contribution in [0.25, 0.3) is 92.2 Å². The van der Waals surface area contributed by atoms with Gasteiger partial charge in [-0.2, -0.15) is 0 Å². The van der Waals surface area contributed by atoms with Crippen molar-refractivity contribution in [2.75, 3.05) is 0 Å². The standard InChI is InChI=1S/C60H41N3S/c1-37(39-15-5-3-6-16-39)61-60(62-38(2)41-20-13-21-42(31-41)40-17-7-4-8-18-40)52-24-14-25-55-58(52)54-35-46(43-27-30-51-50-23-11-12-26-56(50)64-57(51)36-43)34-53(59(54)63-55)45-28-29-49-47(33-45)32-44-19-9-10-22-48(44)49/h3-31,33-36,63H,2,32H2,1H3. The number of benzene rings is 9. The maximum atomic E-state index is 5.37. The molecule has 0 bridgehead atoms. The summed E-state index contributed by atoms with van der Waals surface area (Å²) in [4.78, 5) is 14.6. The zero-order chi connectivity index (χ0) is 42.7. The van der Waals surface area contributed by atoms with E-state index in [1.807, 2.05) is 23.5 Å². The van der Waals surface area contributed by atoms with E-state index in [2.05, 4.69) is 207 Å². The summed E-state index contributed by atoms with van der Waals surface area (Å²) >= 11 is 1.85. The molecular weight excluding hydrogens is 795 g/mol. The summed E-state index contributed by atoms with van der Waals surface area (Å²) in [6.45, 7) is 6.62. The topological polar surface area (TPSA) is 40.5 Å². The molecule has 1 aliphatic rings. The number of fused-ring (bicyclic) bond motifs is 9. The van der Waals surface area contributed by atoms with E-state index in [-0.39, 0.29) is 0 Å². The minimum Gasteiger partial charge on any atom is -0.354 e. The molecule has 2 aromatic heterocycles. The summed E-state index contributed by atoms with van der Waals surface area (Å²) in [6.07, 6.45) is 0.929. The molecule has 0 radical (unpaired) electrons. The quantitative estimate of drug-likeness (QED) is 0.123. The van der Waals surface area contributed by atoms with Crippen LogP contribution in [0.3, 0.4) is 0 Å². The van der Waals surface area contributed by atoms with Crippen molar-refractivity contribution in [3.05, 3.63) is 235 Å². The fourth-order valence-corrected chi connectivity index (χ4v) is 10.7. The van der Waals surface area contributed by atoms with E-state index in [0.29, 0.717) is 11.5 Å². The molecule has 9 aromatic carbocycles. The Labute approximate surface area is 376 Å². The van der Waals surface area contributed by atoms with Crippen molar-refractivity contribution in [2.45, 2.75) is 13.3 Å². The Hall–Kier alpha value is -7.92. The lowest BCUT2D eigenvalue weighted by atomic mass is 9.92. The molecule has 64 heavy (non-hydrogen) atoms. The van der Waals surface area contributed by atoms with Gasteiger partial charge in [-0.25, -0.2) is 9.98 Å². The van der Waals surface area contributed by atoms with Gasteiger partial charge in [0, 0.05) is 58.9 Å². The fourth-order valence-electron chi connectivity index (χ4n) is 9.60. The van der Waals surface area contributed by atoms with Gasteiger partial charge in [-0.3, -0.25) is 0 Å². The van der Waals surface area contributed by atoms with Gasteiger partial charge >= 0.3 is 0 Å². The van der Waals surface area contributed by atoms with Crippen LogP contribution >= 0.6 is 11.3 Å². The lowest BCUT2D eigenvalue weighted by Crippen LogP contribution is -2.05. The number of aromatic nitrogens is 1. The van der Waals surface area contributed by atoms with Crippen LogP contribution in [0, 0.1) is 0 Å². The number of nitrogens with one attached hydrogen (secondary N) is 1. The van der Waals surface area contributed by atoms with Gasteiger partial charge in [0.25, 0.3) is 0 Å². The highest BCUT2D eigenvalue weighted by Crippen LogP contribution is 2.44. The molecule has 11 aromatic rings. The number of hydrogen-bond acceptors (Lipinski definition) is 2. The number of aromatic amines is 1. The van der Waals surface area contributed by atoms with Crippen molar-refractivity contribution >= 4 is 70.6 Å². The monoisotopic (exact) mass is 835 g/mol. The van der Waals surface area contributed by atoms with Crippen LogP contribution in [0.5, 0.6) is 0 Å². The lowest BCUT2D eigenvalue weighted by molar-refractivity contribution is 1.26. The van der Waals surface area contributed by atoms with Crippen molar-refractivity contribution in [1.82, 2.24) is 4.98 Å². The predicted molar refractivity (Wildman–Crippen MR) is 274 cm³/mol. The van der Waals surface area contributed by atoms with E-state index in [0.717, 1.165) is 72.9 Å². The molecule has 1 aliphatic carbocycles. The minimum absolute atomic E-state index is 0.608. The van der Waals surface area contributed by atoms with E-state index in [1.54, 1.807) is 0 Å². The Morgan fingerprint density at radius 2 is 1.19 bits per heavy atom. The zero-order valence-corrected chi connectivity index (χ0v) is 36.1. The Morgan fingerprint density at radius 1 is 0.484 bits per heavy atom. The van der Waals surface area contributed by atoms with Crippen LogP contribution in [0.2, 0.25) is 0 Å². The molecule has 0 fully saturated rings. The second kappa shape index (κ2) is 15.5. The minimum atomic E-state index is 0.608. The van der Waals surface area contributed by atoms with E-state index in [4.69, 9.17) is 9.98 Å². The number of amidine groups is 1. The van der Waals surface area contributed by atoms with E-state index in [1.165, 1.54) is 53.6 Å². The van der Waals surface area contributed by atoms with Crippen LogP contribution in [-0.2, 0) is 6.42 Å². The predicted octanol–water partition coefficient (Wildman–Crippen LogP) is 16.2. The van der Waals surface area contributed by atoms with E-state index < -0.39 is 0 Å². The number of nitrogens with zero attached hydrogens (tertiary/aromatic N) is 2. The van der Waals surface area contributed by atoms with Gasteiger partial charge in [-0.05, 0) is 105 Å². The smallest absolute Gasteiger partial charge is 0.160 e. The van der Waals surface area contributed by atoms with Gasteiger partial charge in [-0.1, -0.05) is 170 Å². The number of thiophene rings is 1. The van der Waals surface area contributed by atoms with Crippen LogP contribution in [0.15, 0.2) is 217 Å². The van der Waals surface area contributed by atoms with Crippen molar-refractivity contribution < 1.29 is 0 Å². The molecular formula is C60H41N3S. The molecule has 0 saturated carbocycles. The SMILES string of the molecule is C=C(N=C(N=C(C)c1ccccc1)c1cccc2[nH]c3c(-c4ccc5c(c4)Cc4ccccc4-5)cc(-c4ccc5c(c4)sc4ccccc45)cc3c12)c1cccc(-c2ccccc2)c1. The summed E-state index contributed by atoms with van der Waals surface area (Å²) in [5.74, 6) is 0.608. The highest BCUT2D eigenvalue weighted by atomic mass is 32.1. The van der Waals surface area contributed by atoms with E-state index in [9.17, 15) is 0 Å². The first-order valence-corrected chi connectivity index (χ1v) is 22.6. The first-order chi connectivity index (χ1) is 31.5. The molecule has 0 aliphatic heterocycles. The van der Waals surface area contributed by atoms with Crippen molar-refractivity contribution in [1.29, 1.82) is 0 Å². The molecule has 0 spiro atoms. The van der Waals surface area contributed by atoms with Crippen LogP contribution in [0.1, 0.15) is 34.7 Å². The second-order valence-corrected chi connectivity index (χ2v) is 17.8. The molecule has 4 heteroatoms. The van der Waals surface area contributed by atoms with Crippen molar-refractivity contribution in [3.63, 3.8) is 0 Å². The average Bonchev–Trinajstić information content (AvgIpc) is 4.05. The molecule has 0 atom stereocenters. The molecule has 0 unspecified atom stereocenters. The molecule has 302 valence electrons. The zero-order valence-electron chi connectivity index (χ0n) is 35.3. The van der Waals surface area contributed by atoms with Crippen LogP contribution in [-0.4, -0.2) is 16.5 Å². The number of aliphatic imine (C=N–C) groups is 2. The fraction of sp³-hybridized carbons (Fsp3) is 0.0333. The lowest BCUT2D eigenvalue weighted by Gasteiger charge is -2.12. The maximum absolute atomic E-state index is 5.37. The van der Waals surface area contributed by atoms with Gasteiger partial charge < -0.3 is 4.98 Å². The number of hydrogen-bond donors (Lipinski definition) is 1. The number of H-pyrrole nitrogens is 1. The highest BCUT2D eigenvalue weighted by molar-refractivity contribution is 7.25. The summed E-state index contributed by atoms with van der Waals surface area (Å²) in [6, 6.07) is 71.9. The van der Waals surface area contributed by atoms with Gasteiger partial charge in [-0.15, -0.1) is 11.3 Å². The Morgan fingerprint density at radius 3 is 2.08 bits per heavy atom. The van der Waals surface area contributed by atoms with Gasteiger partial charge in [0.1, 0.15) is 0 Å². The first kappa shape index (κ1) is 37.8. The van der Waals surface area contributed by atoms with Gasteiger partial charge in [0.15, 0.2) is 5.84 Å². The summed E-state index contributed by atoms with van der Waals surface area (Å²) in [7, 11) is 0. The summed E-state index contributed by atoms with van der Waals surface area (Å²) in [5, 5.41) is 4.79. The third kappa shape index (κ3) is 6.59. The third-order valence-electron chi connectivity index (χ3n) is 12.8. The largest absolute Gasteiger partial charge is 0.354 e. The molecule has 3 nitrogen and oxygen atoms in total. The van der Waals surface area contributed by atoms with Gasteiger partial charge in [0.05, 0.1) is 11.2 Å². The Balaban J connectivity index is 1.08. The maximum Gasteiger partial charge on any atom is 0.160 e. The average molecular weight is 836 g/mol. The normalized spacial score (nSPS) is 12.6. The Kier molecular flexibility index (Phi) is 9.13. The molecule has 1 N–H and O–H groups in total.